The van der Waals surface area contributed by atoms with Gasteiger partial charge in [-0.3, -0.25) is 0 Å². The molecule has 6 rings (SSSR count). The largest absolute Gasteiger partial charge is 0.0836 e. The average Bonchev–Trinajstić information content (AvgIpc) is 2.78. The van der Waals surface area contributed by atoms with Crippen molar-refractivity contribution in [2.75, 3.05) is 0 Å². The Balaban J connectivity index is 1.60. The minimum Gasteiger partial charge on any atom is -0.0836 e. The van der Waals surface area contributed by atoms with Crippen LogP contribution in [0.1, 0.15) is 36.0 Å². The highest BCUT2D eigenvalue weighted by atomic mass is 14.3. The van der Waals surface area contributed by atoms with Gasteiger partial charge in [0.25, 0.3) is 0 Å². The van der Waals surface area contributed by atoms with E-state index in [2.05, 4.69) is 85.8 Å². The summed E-state index contributed by atoms with van der Waals surface area (Å²) in [5, 5.41) is 5.20. The highest BCUT2D eigenvalue weighted by Crippen LogP contribution is 2.42. The number of fused-ring (bicyclic) bond motifs is 5. The predicted molar refractivity (Wildman–Crippen MR) is 124 cm³/mol. The Morgan fingerprint density at radius 3 is 2.69 bits per heavy atom. The van der Waals surface area contributed by atoms with Crippen LogP contribution in [-0.4, -0.2) is 0 Å². The van der Waals surface area contributed by atoms with E-state index >= 15 is 0 Å². The molecule has 0 fully saturated rings. The summed E-state index contributed by atoms with van der Waals surface area (Å²) in [6, 6.07) is 26.0. The second-order valence-electron chi connectivity index (χ2n) is 8.37. The molecule has 2 aliphatic carbocycles. The number of allylic oxidation sites excluding steroid dienone is 4. The van der Waals surface area contributed by atoms with Gasteiger partial charge in [-0.2, -0.15) is 0 Å². The average molecular weight is 372 g/mol. The van der Waals surface area contributed by atoms with Crippen molar-refractivity contribution < 1.29 is 0 Å². The number of aryl methyl sites for hydroxylation is 2. The van der Waals surface area contributed by atoms with Crippen LogP contribution in [0.4, 0.5) is 0 Å². The maximum atomic E-state index is 3.71. The fourth-order valence-electron chi connectivity index (χ4n) is 5.24. The molecule has 0 unspecified atom stereocenters. The molecule has 4 aromatic carbocycles. The lowest BCUT2D eigenvalue weighted by molar-refractivity contribution is 0.831. The van der Waals surface area contributed by atoms with Crippen LogP contribution in [0.25, 0.3) is 38.2 Å². The first-order valence-corrected chi connectivity index (χ1v) is 10.7. The summed E-state index contributed by atoms with van der Waals surface area (Å²) in [4.78, 5) is 0. The first-order chi connectivity index (χ1) is 14.3. The zero-order chi connectivity index (χ0) is 19.4. The van der Waals surface area contributed by atoms with Crippen molar-refractivity contribution in [3.8, 4) is 11.1 Å². The van der Waals surface area contributed by atoms with Gasteiger partial charge in [0, 0.05) is 0 Å². The summed E-state index contributed by atoms with van der Waals surface area (Å²) in [7, 11) is 0. The Bertz CT molecular complexity index is 1350. The SMILES string of the molecule is Cc1cc2ccccc2[c]c1-c1cccc2c3c(ccc12)C1=C(CCC=C1)CC3. The van der Waals surface area contributed by atoms with Gasteiger partial charge in [0.2, 0.25) is 0 Å². The fourth-order valence-corrected chi connectivity index (χ4v) is 5.24. The number of hydrogen-bond acceptors (Lipinski definition) is 0. The third-order valence-corrected chi connectivity index (χ3v) is 6.67. The Kier molecular flexibility index (Phi) is 3.74. The first-order valence-electron chi connectivity index (χ1n) is 10.7. The topological polar surface area (TPSA) is 0 Å². The van der Waals surface area contributed by atoms with Crippen LogP contribution in [0.3, 0.4) is 0 Å². The van der Waals surface area contributed by atoms with Gasteiger partial charge in [-0.1, -0.05) is 78.4 Å². The molecule has 4 aromatic rings. The molecule has 0 amide bonds. The number of rotatable bonds is 1. The molecule has 0 bridgehead atoms. The molecule has 0 atom stereocenters. The molecule has 0 heteroatoms. The molecule has 0 saturated carbocycles. The molecule has 0 N–H and O–H groups in total. The summed E-state index contributed by atoms with van der Waals surface area (Å²) in [6.45, 7) is 2.21. The zero-order valence-electron chi connectivity index (χ0n) is 16.8. The maximum Gasteiger partial charge on any atom is -0.00113 e. The standard InChI is InChI=1S/C29H23/c1-19-17-21-8-2-3-9-22(21)18-29(19)25-12-6-11-24-27-14-13-20-7-4-5-10-23(20)26(27)15-16-28(24)25/h2-3,5-6,8-12,15-17H,4,7,13-14H2,1H3. The summed E-state index contributed by atoms with van der Waals surface area (Å²) in [5.74, 6) is 0. The van der Waals surface area contributed by atoms with Gasteiger partial charge < -0.3 is 0 Å². The molecule has 1 radical (unpaired) electrons. The van der Waals surface area contributed by atoms with Gasteiger partial charge in [0.15, 0.2) is 0 Å². The summed E-state index contributed by atoms with van der Waals surface area (Å²) >= 11 is 0. The molecule has 29 heavy (non-hydrogen) atoms. The van der Waals surface area contributed by atoms with E-state index in [1.54, 1.807) is 5.57 Å². The highest BCUT2D eigenvalue weighted by Gasteiger charge is 2.21. The second kappa shape index (κ2) is 6.46. The van der Waals surface area contributed by atoms with Crippen LogP contribution in [-0.2, 0) is 6.42 Å². The Labute approximate surface area is 172 Å². The molecule has 0 saturated heterocycles. The van der Waals surface area contributed by atoms with Gasteiger partial charge in [-0.05, 0) is 93.6 Å². The zero-order valence-corrected chi connectivity index (χ0v) is 16.8. The molecular weight excluding hydrogens is 348 g/mol. The van der Waals surface area contributed by atoms with Crippen molar-refractivity contribution in [2.45, 2.75) is 32.6 Å². The summed E-state index contributed by atoms with van der Waals surface area (Å²) in [6.07, 6.45) is 9.48. The first kappa shape index (κ1) is 16.8. The third kappa shape index (κ3) is 2.59. The van der Waals surface area contributed by atoms with Crippen molar-refractivity contribution in [3.63, 3.8) is 0 Å². The number of benzene rings is 4. The smallest absolute Gasteiger partial charge is 0.00113 e. The summed E-state index contributed by atoms with van der Waals surface area (Å²) in [5.41, 5.74) is 9.91. The minimum atomic E-state index is 1.16. The predicted octanol–water partition coefficient (Wildman–Crippen LogP) is 7.82. The molecule has 0 aliphatic heterocycles. The van der Waals surface area contributed by atoms with Crippen molar-refractivity contribution in [3.05, 3.63) is 101 Å². The van der Waals surface area contributed by atoms with Gasteiger partial charge in [-0.15, -0.1) is 0 Å². The monoisotopic (exact) mass is 371 g/mol. The van der Waals surface area contributed by atoms with E-state index < -0.39 is 0 Å². The van der Waals surface area contributed by atoms with E-state index in [9.17, 15) is 0 Å². The van der Waals surface area contributed by atoms with Crippen molar-refractivity contribution in [1.29, 1.82) is 0 Å². The quantitative estimate of drug-likeness (QED) is 0.320. The van der Waals surface area contributed by atoms with Gasteiger partial charge >= 0.3 is 0 Å². The second-order valence-corrected chi connectivity index (χ2v) is 8.37. The maximum absolute atomic E-state index is 3.71. The Morgan fingerprint density at radius 2 is 1.72 bits per heavy atom. The third-order valence-electron chi connectivity index (χ3n) is 6.67. The van der Waals surface area contributed by atoms with E-state index in [1.807, 2.05) is 0 Å². The Morgan fingerprint density at radius 1 is 0.793 bits per heavy atom. The molecule has 2 aliphatic rings. The molecule has 0 heterocycles. The van der Waals surface area contributed by atoms with Crippen LogP contribution in [0.5, 0.6) is 0 Å². The van der Waals surface area contributed by atoms with E-state index in [0.29, 0.717) is 0 Å². The highest BCUT2D eigenvalue weighted by molar-refractivity contribution is 6.03. The lowest BCUT2D eigenvalue weighted by atomic mass is 9.79. The molecule has 0 nitrogen and oxygen atoms in total. The van der Waals surface area contributed by atoms with Gasteiger partial charge in [0.05, 0.1) is 0 Å². The van der Waals surface area contributed by atoms with Crippen LogP contribution in [0.15, 0.2) is 78.4 Å². The van der Waals surface area contributed by atoms with E-state index in [4.69, 9.17) is 0 Å². The van der Waals surface area contributed by atoms with Crippen molar-refractivity contribution in [1.82, 2.24) is 0 Å². The van der Waals surface area contributed by atoms with Crippen molar-refractivity contribution >= 4 is 27.1 Å². The normalized spacial score (nSPS) is 15.6. The molecular formula is C29H23. The van der Waals surface area contributed by atoms with Crippen LogP contribution < -0.4 is 0 Å². The fraction of sp³-hybridized carbons (Fsp3) is 0.172. The lowest BCUT2D eigenvalue weighted by Crippen LogP contribution is -2.07. The minimum absolute atomic E-state index is 1.16. The molecule has 139 valence electrons. The van der Waals surface area contributed by atoms with Crippen LogP contribution in [0.2, 0.25) is 0 Å². The van der Waals surface area contributed by atoms with Gasteiger partial charge in [-0.25, -0.2) is 0 Å². The van der Waals surface area contributed by atoms with Gasteiger partial charge in [0.1, 0.15) is 0 Å². The van der Waals surface area contributed by atoms with Crippen molar-refractivity contribution in [2.24, 2.45) is 0 Å². The summed E-state index contributed by atoms with van der Waals surface area (Å²) < 4.78 is 0. The van der Waals surface area contributed by atoms with Crippen LogP contribution >= 0.6 is 0 Å². The van der Waals surface area contributed by atoms with E-state index in [0.717, 1.165) is 6.42 Å². The molecule has 0 aromatic heterocycles. The van der Waals surface area contributed by atoms with E-state index in [1.165, 1.54) is 74.2 Å². The molecule has 0 spiro atoms. The lowest BCUT2D eigenvalue weighted by Gasteiger charge is -2.26. The Hall–Kier alpha value is -3.12. The van der Waals surface area contributed by atoms with E-state index in [-0.39, 0.29) is 0 Å². The van der Waals surface area contributed by atoms with Crippen LogP contribution in [0, 0.1) is 13.0 Å². The number of hydrogen-bond donors (Lipinski definition) is 0.